The highest BCUT2D eigenvalue weighted by atomic mass is 32.2. The van der Waals surface area contributed by atoms with Crippen molar-refractivity contribution in [2.75, 3.05) is 18.2 Å². The minimum atomic E-state index is -3.31. The standard InChI is InChI=1S/C21H20N4O3S/c1-29(27,28)18-8-3-6-16(14-18)19-9-4-10-20-23-21(24-25(19)20)22-17-7-2-5-15(13-17)11-12-26/h2-10,13-14,26H,11-12H2,1H3,(H,22,24). The van der Waals surface area contributed by atoms with E-state index < -0.39 is 9.84 Å². The number of hydrogen-bond acceptors (Lipinski definition) is 6. The number of benzene rings is 2. The molecular formula is C21H20N4O3S. The van der Waals surface area contributed by atoms with Crippen LogP contribution in [0.2, 0.25) is 0 Å². The zero-order chi connectivity index (χ0) is 20.4. The summed E-state index contributed by atoms with van der Waals surface area (Å²) in [6.45, 7) is 0.0893. The van der Waals surface area contributed by atoms with E-state index in [4.69, 9.17) is 5.11 Å². The van der Waals surface area contributed by atoms with Crippen LogP contribution >= 0.6 is 0 Å². The first-order valence-corrected chi connectivity index (χ1v) is 11.0. The zero-order valence-electron chi connectivity index (χ0n) is 15.8. The van der Waals surface area contributed by atoms with Crippen molar-refractivity contribution in [2.45, 2.75) is 11.3 Å². The lowest BCUT2D eigenvalue weighted by Crippen LogP contribution is -1.99. The molecule has 148 valence electrons. The van der Waals surface area contributed by atoms with Crippen molar-refractivity contribution in [2.24, 2.45) is 0 Å². The molecule has 8 heteroatoms. The molecule has 0 atom stereocenters. The lowest BCUT2D eigenvalue weighted by molar-refractivity contribution is 0.299. The lowest BCUT2D eigenvalue weighted by atomic mass is 10.1. The third-order valence-corrected chi connectivity index (χ3v) is 5.61. The number of anilines is 2. The van der Waals surface area contributed by atoms with E-state index >= 15 is 0 Å². The van der Waals surface area contributed by atoms with Crippen LogP contribution in [-0.2, 0) is 16.3 Å². The van der Waals surface area contributed by atoms with Gasteiger partial charge < -0.3 is 10.4 Å². The van der Waals surface area contributed by atoms with Gasteiger partial charge in [0, 0.05) is 24.1 Å². The summed E-state index contributed by atoms with van der Waals surface area (Å²) < 4.78 is 25.5. The van der Waals surface area contributed by atoms with Crippen LogP contribution in [0.25, 0.3) is 16.9 Å². The van der Waals surface area contributed by atoms with E-state index in [1.54, 1.807) is 22.7 Å². The maximum Gasteiger partial charge on any atom is 0.247 e. The second kappa shape index (κ2) is 7.65. The van der Waals surface area contributed by atoms with Gasteiger partial charge in [0.1, 0.15) is 0 Å². The van der Waals surface area contributed by atoms with Gasteiger partial charge in [-0.15, -0.1) is 5.10 Å². The Morgan fingerprint density at radius 3 is 2.62 bits per heavy atom. The number of aliphatic hydroxyl groups excluding tert-OH is 1. The highest BCUT2D eigenvalue weighted by Gasteiger charge is 2.12. The zero-order valence-corrected chi connectivity index (χ0v) is 16.6. The average molecular weight is 408 g/mol. The third kappa shape index (κ3) is 4.13. The molecule has 0 spiro atoms. The molecule has 2 heterocycles. The van der Waals surface area contributed by atoms with Gasteiger partial charge in [0.15, 0.2) is 15.5 Å². The smallest absolute Gasteiger partial charge is 0.247 e. The van der Waals surface area contributed by atoms with Gasteiger partial charge >= 0.3 is 0 Å². The van der Waals surface area contributed by atoms with Crippen molar-refractivity contribution >= 4 is 27.1 Å². The normalized spacial score (nSPS) is 11.7. The summed E-state index contributed by atoms with van der Waals surface area (Å²) in [6.07, 6.45) is 1.77. The van der Waals surface area contributed by atoms with Crippen molar-refractivity contribution in [3.63, 3.8) is 0 Å². The molecule has 2 N–H and O–H groups in total. The van der Waals surface area contributed by atoms with Crippen LogP contribution in [0.4, 0.5) is 11.6 Å². The van der Waals surface area contributed by atoms with Gasteiger partial charge in [-0.05, 0) is 48.4 Å². The van der Waals surface area contributed by atoms with Crippen LogP contribution in [0, 0.1) is 0 Å². The van der Waals surface area contributed by atoms with Gasteiger partial charge in [0.2, 0.25) is 5.95 Å². The number of pyridine rings is 1. The van der Waals surface area contributed by atoms with Crippen molar-refractivity contribution in [3.8, 4) is 11.3 Å². The van der Waals surface area contributed by atoms with E-state index in [-0.39, 0.29) is 11.5 Å². The van der Waals surface area contributed by atoms with Crippen LogP contribution in [0.3, 0.4) is 0 Å². The molecule has 0 aliphatic carbocycles. The SMILES string of the molecule is CS(=O)(=O)c1cccc(-c2cccc3nc(Nc4cccc(CCO)c4)nn23)c1. The molecule has 0 radical (unpaired) electrons. The third-order valence-electron chi connectivity index (χ3n) is 4.50. The fourth-order valence-corrected chi connectivity index (χ4v) is 3.79. The van der Waals surface area contributed by atoms with Gasteiger partial charge in [-0.3, -0.25) is 0 Å². The number of nitrogens with zero attached hydrogens (tertiary/aromatic N) is 3. The number of hydrogen-bond donors (Lipinski definition) is 2. The van der Waals surface area contributed by atoms with E-state index in [9.17, 15) is 8.42 Å². The molecule has 2 aromatic heterocycles. The molecule has 0 saturated heterocycles. The highest BCUT2D eigenvalue weighted by Crippen LogP contribution is 2.24. The second-order valence-electron chi connectivity index (χ2n) is 6.72. The number of nitrogens with one attached hydrogen (secondary N) is 1. The molecule has 2 aromatic carbocycles. The van der Waals surface area contributed by atoms with Crippen LogP contribution < -0.4 is 5.32 Å². The van der Waals surface area contributed by atoms with Gasteiger partial charge in [0.25, 0.3) is 0 Å². The molecular weight excluding hydrogens is 388 g/mol. The molecule has 0 saturated carbocycles. The second-order valence-corrected chi connectivity index (χ2v) is 8.73. The average Bonchev–Trinajstić information content (AvgIpc) is 3.10. The summed E-state index contributed by atoms with van der Waals surface area (Å²) in [5, 5.41) is 16.9. The van der Waals surface area contributed by atoms with Crippen LogP contribution in [0.15, 0.2) is 71.6 Å². The fraction of sp³-hybridized carbons (Fsp3) is 0.143. The monoisotopic (exact) mass is 408 g/mol. The maximum absolute atomic E-state index is 11.9. The van der Waals surface area contributed by atoms with Gasteiger partial charge in [-0.1, -0.05) is 30.3 Å². The first-order valence-electron chi connectivity index (χ1n) is 9.07. The Kier molecular flexibility index (Phi) is 5.04. The van der Waals surface area contributed by atoms with Gasteiger partial charge in [-0.25, -0.2) is 12.9 Å². The molecule has 0 unspecified atom stereocenters. The summed E-state index contributed by atoms with van der Waals surface area (Å²) in [4.78, 5) is 4.77. The molecule has 4 rings (SSSR count). The van der Waals surface area contributed by atoms with E-state index in [1.807, 2.05) is 48.5 Å². The summed E-state index contributed by atoms with van der Waals surface area (Å²) in [5.41, 5.74) is 3.95. The number of rotatable bonds is 6. The Labute approximate surface area is 168 Å². The topological polar surface area (TPSA) is 96.6 Å². The fourth-order valence-electron chi connectivity index (χ4n) is 3.13. The Hall–Kier alpha value is -3.23. The van der Waals surface area contributed by atoms with Crippen LogP contribution in [0.5, 0.6) is 0 Å². The highest BCUT2D eigenvalue weighted by molar-refractivity contribution is 7.90. The first kappa shape index (κ1) is 19.1. The molecule has 0 bridgehead atoms. The lowest BCUT2D eigenvalue weighted by Gasteiger charge is -2.06. The van der Waals surface area contributed by atoms with Crippen molar-refractivity contribution < 1.29 is 13.5 Å². The van der Waals surface area contributed by atoms with E-state index in [0.717, 1.165) is 22.5 Å². The Morgan fingerprint density at radius 1 is 1.03 bits per heavy atom. The van der Waals surface area contributed by atoms with Crippen LogP contribution in [-0.4, -0.2) is 41.0 Å². The van der Waals surface area contributed by atoms with E-state index in [2.05, 4.69) is 15.4 Å². The molecule has 0 aliphatic rings. The predicted molar refractivity (Wildman–Crippen MR) is 112 cm³/mol. The quantitative estimate of drug-likeness (QED) is 0.509. The van der Waals surface area contributed by atoms with Gasteiger partial charge in [0.05, 0.1) is 10.6 Å². The van der Waals surface area contributed by atoms with Crippen LogP contribution in [0.1, 0.15) is 5.56 Å². The number of fused-ring (bicyclic) bond motifs is 1. The largest absolute Gasteiger partial charge is 0.396 e. The Morgan fingerprint density at radius 2 is 1.83 bits per heavy atom. The Balaban J connectivity index is 1.72. The molecule has 4 aromatic rings. The summed E-state index contributed by atoms with van der Waals surface area (Å²) in [5.74, 6) is 0.429. The van der Waals surface area contributed by atoms with E-state index in [1.165, 1.54) is 6.26 Å². The number of aromatic nitrogens is 3. The summed E-state index contributed by atoms with van der Waals surface area (Å²) >= 11 is 0. The molecule has 0 aliphatic heterocycles. The Bertz CT molecular complexity index is 1280. The predicted octanol–water partition coefficient (Wildman–Crippen LogP) is 3.08. The molecule has 7 nitrogen and oxygen atoms in total. The summed E-state index contributed by atoms with van der Waals surface area (Å²) in [7, 11) is -3.31. The molecule has 29 heavy (non-hydrogen) atoms. The van der Waals surface area contributed by atoms with E-state index in [0.29, 0.717) is 18.0 Å². The van der Waals surface area contributed by atoms with Crippen molar-refractivity contribution in [1.29, 1.82) is 0 Å². The molecule has 0 fully saturated rings. The first-order chi connectivity index (χ1) is 13.9. The van der Waals surface area contributed by atoms with Crippen molar-refractivity contribution in [3.05, 3.63) is 72.3 Å². The maximum atomic E-state index is 11.9. The minimum Gasteiger partial charge on any atom is -0.396 e. The van der Waals surface area contributed by atoms with Crippen molar-refractivity contribution in [1.82, 2.24) is 14.6 Å². The number of aliphatic hydroxyl groups is 1. The van der Waals surface area contributed by atoms with Gasteiger partial charge in [-0.2, -0.15) is 4.98 Å². The summed E-state index contributed by atoms with van der Waals surface area (Å²) in [6, 6.07) is 20.0. The molecule has 0 amide bonds. The minimum absolute atomic E-state index is 0.0893. The number of sulfone groups is 1.